The zero-order chi connectivity index (χ0) is 53.4. The predicted molar refractivity (Wildman–Crippen MR) is 291 cm³/mol. The number of rotatable bonds is 26. The van der Waals surface area contributed by atoms with Crippen LogP contribution in [0.5, 0.6) is 11.5 Å². The Hall–Kier alpha value is -6.39. The van der Waals surface area contributed by atoms with Crippen LogP contribution in [-0.4, -0.2) is 155 Å². The van der Waals surface area contributed by atoms with Crippen LogP contribution in [0.15, 0.2) is 90.7 Å². The average Bonchev–Trinajstić information content (AvgIpc) is 4.16. The number of amides is 3. The number of para-hydroxylation sites is 1. The molecule has 2 saturated heterocycles. The molecule has 0 aliphatic carbocycles. The third-order valence-corrected chi connectivity index (χ3v) is 14.6. The van der Waals surface area contributed by atoms with Crippen LogP contribution in [0, 0.1) is 12.3 Å². The van der Waals surface area contributed by atoms with Gasteiger partial charge in [0.2, 0.25) is 17.7 Å². The van der Waals surface area contributed by atoms with E-state index in [4.69, 9.17) is 34.5 Å². The quantitative estimate of drug-likeness (QED) is 0.0420. The van der Waals surface area contributed by atoms with Gasteiger partial charge in [0.1, 0.15) is 48.0 Å². The van der Waals surface area contributed by atoms with Gasteiger partial charge in [-0.25, -0.2) is 19.6 Å². The SMILES string of the molecule is Cc1ncsc1-c1ccc(CNC(=O)[C@@H]2C[C@@H](O)CN2C(=O)[C@@H](NC(=O)COCCOCCOCCOCCCCN2CCC(n3nc(-c4ccc(Oc5ccccc5)cc4)c4c(N)ncnc43)CC2)C(C)(C)C)cc1. The number of unbranched alkanes of at least 4 members (excludes halogenated alkanes) is 1. The molecule has 19 nitrogen and oxygen atoms in total. The summed E-state index contributed by atoms with van der Waals surface area (Å²) < 4.78 is 30.7. The number of carbonyl (C=O) groups is 3. The van der Waals surface area contributed by atoms with Crippen molar-refractivity contribution in [2.45, 2.75) is 90.6 Å². The fourth-order valence-electron chi connectivity index (χ4n) is 9.49. The zero-order valence-corrected chi connectivity index (χ0v) is 44.8. The van der Waals surface area contributed by atoms with Gasteiger partial charge in [-0.05, 0) is 92.1 Å². The fraction of sp³-hybridized carbons (Fsp3) is 0.482. The summed E-state index contributed by atoms with van der Waals surface area (Å²) in [5.41, 5.74) is 12.9. The second-order valence-electron chi connectivity index (χ2n) is 20.3. The van der Waals surface area contributed by atoms with E-state index in [0.29, 0.717) is 38.9 Å². The molecule has 3 aromatic carbocycles. The van der Waals surface area contributed by atoms with Gasteiger partial charge < -0.3 is 55.0 Å². The van der Waals surface area contributed by atoms with Crippen LogP contribution in [0.2, 0.25) is 0 Å². The van der Waals surface area contributed by atoms with E-state index in [0.717, 1.165) is 101 Å². The van der Waals surface area contributed by atoms with Crippen LogP contribution in [0.25, 0.3) is 32.7 Å². The number of aryl methyl sites for hydroxylation is 1. The van der Waals surface area contributed by atoms with Gasteiger partial charge in [0.25, 0.3) is 0 Å². The average molecular weight is 1060 g/mol. The van der Waals surface area contributed by atoms with Crippen molar-refractivity contribution in [2.75, 3.05) is 84.8 Å². The summed E-state index contributed by atoms with van der Waals surface area (Å²) in [7, 11) is 0. The number of hydrogen-bond donors (Lipinski definition) is 4. The Bertz CT molecular complexity index is 2800. The monoisotopic (exact) mass is 1060 g/mol. The number of hydrogen-bond acceptors (Lipinski definition) is 16. The summed E-state index contributed by atoms with van der Waals surface area (Å²) in [6, 6.07) is 23.8. The van der Waals surface area contributed by atoms with Crippen LogP contribution in [0.1, 0.15) is 70.2 Å². The Labute approximate surface area is 448 Å². The van der Waals surface area contributed by atoms with Crippen molar-refractivity contribution in [1.82, 2.24) is 45.2 Å². The molecule has 20 heteroatoms. The first-order valence-electron chi connectivity index (χ1n) is 26.2. The number of aliphatic hydroxyl groups is 1. The van der Waals surface area contributed by atoms with Crippen LogP contribution in [-0.2, 0) is 39.9 Å². The Morgan fingerprint density at radius 3 is 2.14 bits per heavy atom. The lowest BCUT2D eigenvalue weighted by molar-refractivity contribution is -0.144. The van der Waals surface area contributed by atoms with Crippen molar-refractivity contribution in [3.8, 4) is 33.2 Å². The first kappa shape index (κ1) is 55.8. The molecule has 0 bridgehead atoms. The van der Waals surface area contributed by atoms with Gasteiger partial charge >= 0.3 is 0 Å². The van der Waals surface area contributed by atoms with E-state index >= 15 is 0 Å². The van der Waals surface area contributed by atoms with Crippen molar-refractivity contribution in [3.63, 3.8) is 0 Å². The summed E-state index contributed by atoms with van der Waals surface area (Å²) >= 11 is 1.57. The van der Waals surface area contributed by atoms with Crippen LogP contribution in [0.3, 0.4) is 0 Å². The normalized spacial score (nSPS) is 16.8. The molecular weight excluding hydrogens is 989 g/mol. The zero-order valence-electron chi connectivity index (χ0n) is 44.0. The van der Waals surface area contributed by atoms with Crippen LogP contribution in [0.4, 0.5) is 5.82 Å². The van der Waals surface area contributed by atoms with E-state index in [2.05, 4.69) is 30.5 Å². The number of carbonyl (C=O) groups excluding carboxylic acids is 3. The number of nitrogen functional groups attached to an aromatic ring is 1. The standard InChI is InChI=1S/C56H72N10O9S/c1-38-50(76-37-61-38)41-14-12-39(13-15-41)33-58-54(69)46-32-43(67)34-65(46)55(70)51(56(2,3)4)62-47(68)35-74-31-30-73-29-28-72-27-26-71-25-9-8-22-64-23-20-42(21-24-64)66-53-48(52(57)59-36-60-53)49(63-66)40-16-18-45(19-17-40)75-44-10-6-5-7-11-44/h5-7,10-19,36-37,42-43,46,51,67H,8-9,20-35H2,1-4H3,(H,58,69)(H,62,68)(H2,57,59,60)/t43-,46+,51-/m1/s1. The number of ether oxygens (including phenoxy) is 5. The van der Waals surface area contributed by atoms with E-state index < -0.39 is 35.4 Å². The van der Waals surface area contributed by atoms with Crippen molar-refractivity contribution >= 4 is 45.9 Å². The minimum Gasteiger partial charge on any atom is -0.457 e. The third kappa shape index (κ3) is 15.2. The number of fused-ring (bicyclic) bond motifs is 1. The molecule has 0 radical (unpaired) electrons. The number of anilines is 1. The fourth-order valence-corrected chi connectivity index (χ4v) is 10.3. The maximum absolute atomic E-state index is 14.0. The van der Waals surface area contributed by atoms with Crippen molar-refractivity contribution < 1.29 is 43.2 Å². The summed E-state index contributed by atoms with van der Waals surface area (Å²) in [4.78, 5) is 58.6. The van der Waals surface area contributed by atoms with E-state index in [9.17, 15) is 19.5 Å². The second-order valence-corrected chi connectivity index (χ2v) is 21.2. The van der Waals surface area contributed by atoms with Gasteiger partial charge in [0.05, 0.1) is 73.3 Å². The lowest BCUT2D eigenvalue weighted by Gasteiger charge is -2.35. The van der Waals surface area contributed by atoms with Gasteiger partial charge in [-0.15, -0.1) is 11.3 Å². The lowest BCUT2D eigenvalue weighted by atomic mass is 9.85. The van der Waals surface area contributed by atoms with Gasteiger partial charge in [-0.2, -0.15) is 5.10 Å². The topological polar surface area (TPSA) is 231 Å². The summed E-state index contributed by atoms with van der Waals surface area (Å²) in [5, 5.41) is 22.2. The van der Waals surface area contributed by atoms with Gasteiger partial charge in [-0.1, -0.05) is 63.2 Å². The van der Waals surface area contributed by atoms with E-state index in [1.54, 1.807) is 11.3 Å². The summed E-state index contributed by atoms with van der Waals surface area (Å²) in [6.45, 7) is 13.2. The molecule has 2 aliphatic heterocycles. The highest BCUT2D eigenvalue weighted by Crippen LogP contribution is 2.36. The van der Waals surface area contributed by atoms with E-state index in [1.165, 1.54) is 11.2 Å². The molecular formula is C56H72N10O9S. The second kappa shape index (κ2) is 27.1. The molecule has 8 rings (SSSR count). The molecule has 406 valence electrons. The molecule has 3 aromatic heterocycles. The van der Waals surface area contributed by atoms with Gasteiger partial charge in [0.15, 0.2) is 5.65 Å². The number of nitrogens with two attached hydrogens (primary N) is 1. The molecule has 3 atom stereocenters. The van der Waals surface area contributed by atoms with E-state index in [1.807, 2.05) is 117 Å². The molecule has 5 N–H and O–H groups in total. The number of piperidine rings is 1. The number of likely N-dealkylation sites (tertiary alicyclic amines) is 2. The highest BCUT2D eigenvalue weighted by atomic mass is 32.1. The Kier molecular flexibility index (Phi) is 19.9. The molecule has 0 saturated carbocycles. The molecule has 76 heavy (non-hydrogen) atoms. The Morgan fingerprint density at radius 2 is 1.47 bits per heavy atom. The highest BCUT2D eigenvalue weighted by Gasteiger charge is 2.44. The molecule has 2 fully saturated rings. The van der Waals surface area contributed by atoms with Crippen LogP contribution >= 0.6 is 11.3 Å². The number of aromatic nitrogens is 5. The number of nitrogens with zero attached hydrogens (tertiary/aromatic N) is 7. The Morgan fingerprint density at radius 1 is 0.816 bits per heavy atom. The smallest absolute Gasteiger partial charge is 0.246 e. The van der Waals surface area contributed by atoms with Gasteiger partial charge in [-0.3, -0.25) is 14.4 Å². The molecule has 3 amide bonds. The third-order valence-electron chi connectivity index (χ3n) is 13.6. The summed E-state index contributed by atoms with van der Waals surface area (Å²) in [5.74, 6) is 0.653. The summed E-state index contributed by atoms with van der Waals surface area (Å²) in [6.07, 6.45) is 4.66. The van der Waals surface area contributed by atoms with Crippen molar-refractivity contribution in [1.29, 1.82) is 0 Å². The Balaban J connectivity index is 0.648. The number of β-amino-alcohol motifs (C(OH)–C–C–N with tert-alkyl or cyclic N) is 1. The minimum absolute atomic E-state index is 0.0110. The van der Waals surface area contributed by atoms with Crippen LogP contribution < -0.4 is 21.1 Å². The number of benzene rings is 3. The number of nitrogens with one attached hydrogen (secondary N) is 2. The molecule has 5 heterocycles. The first-order chi connectivity index (χ1) is 36.8. The predicted octanol–water partition coefficient (Wildman–Crippen LogP) is 6.59. The minimum atomic E-state index is -0.957. The first-order valence-corrected chi connectivity index (χ1v) is 27.1. The molecule has 0 spiro atoms. The maximum Gasteiger partial charge on any atom is 0.246 e. The lowest BCUT2D eigenvalue weighted by Crippen LogP contribution is -2.58. The van der Waals surface area contributed by atoms with Crippen molar-refractivity contribution in [2.24, 2.45) is 5.41 Å². The van der Waals surface area contributed by atoms with Crippen molar-refractivity contribution in [3.05, 3.63) is 102 Å². The largest absolute Gasteiger partial charge is 0.457 e. The highest BCUT2D eigenvalue weighted by molar-refractivity contribution is 7.13. The number of aliphatic hydroxyl groups excluding tert-OH is 1. The number of thiazole rings is 1. The molecule has 6 aromatic rings. The van der Waals surface area contributed by atoms with E-state index in [-0.39, 0.29) is 51.3 Å². The molecule has 0 unspecified atom stereocenters. The molecule has 2 aliphatic rings. The maximum atomic E-state index is 14.0. The van der Waals surface area contributed by atoms with Gasteiger partial charge in [0, 0.05) is 44.8 Å².